The standard InChI is InChI=1S/C24H34O2/c1-2-3-4-5-6-7-8-9-10-17-18-13-14-19-20(24(25)26)12-11-16-15-21(17)23(18)22(16)19/h2-3,11-14,16-23H,4-10,15H2,1H3,(H,25,26)/b3-2+/t16-,17-,18-,19+,20-,21+,22-,23-/m1/s1. The van der Waals surface area contributed by atoms with Crippen LogP contribution in [0.15, 0.2) is 36.5 Å². The minimum atomic E-state index is -0.637. The van der Waals surface area contributed by atoms with Crippen molar-refractivity contribution in [2.75, 3.05) is 0 Å². The zero-order chi connectivity index (χ0) is 18.1. The van der Waals surface area contributed by atoms with E-state index in [9.17, 15) is 9.90 Å². The third-order valence-corrected chi connectivity index (χ3v) is 7.88. The Bertz CT molecular complexity index is 601. The zero-order valence-corrected chi connectivity index (χ0v) is 16.1. The molecule has 8 atom stereocenters. The van der Waals surface area contributed by atoms with Crippen molar-refractivity contribution in [3.05, 3.63) is 36.5 Å². The molecular formula is C24H34O2. The first-order valence-electron chi connectivity index (χ1n) is 10.9. The molecule has 0 aromatic rings. The van der Waals surface area contributed by atoms with Crippen molar-refractivity contribution in [1.29, 1.82) is 0 Å². The van der Waals surface area contributed by atoms with E-state index in [2.05, 4.69) is 37.3 Å². The number of aliphatic carboxylic acids is 1. The van der Waals surface area contributed by atoms with Gasteiger partial charge in [-0.3, -0.25) is 4.79 Å². The predicted molar refractivity (Wildman–Crippen MR) is 106 cm³/mol. The quantitative estimate of drug-likeness (QED) is 0.416. The first-order valence-corrected chi connectivity index (χ1v) is 10.9. The molecular weight excluding hydrogens is 320 g/mol. The number of hydrogen-bond acceptors (Lipinski definition) is 1. The maximum absolute atomic E-state index is 11.6. The molecule has 2 nitrogen and oxygen atoms in total. The molecule has 142 valence electrons. The number of carboxylic acid groups (broad SMARTS) is 1. The second-order valence-electron chi connectivity index (χ2n) is 9.08. The summed E-state index contributed by atoms with van der Waals surface area (Å²) in [5, 5.41) is 9.55. The minimum absolute atomic E-state index is 0.256. The molecule has 0 bridgehead atoms. The van der Waals surface area contributed by atoms with Crippen molar-refractivity contribution in [3.8, 4) is 0 Å². The van der Waals surface area contributed by atoms with Gasteiger partial charge in [0.2, 0.25) is 0 Å². The van der Waals surface area contributed by atoms with Crippen LogP contribution in [-0.2, 0) is 4.79 Å². The highest BCUT2D eigenvalue weighted by molar-refractivity contribution is 5.73. The molecule has 0 saturated heterocycles. The number of carboxylic acids is 1. The lowest BCUT2D eigenvalue weighted by atomic mass is 9.50. The summed E-state index contributed by atoms with van der Waals surface area (Å²) >= 11 is 0. The summed E-state index contributed by atoms with van der Waals surface area (Å²) in [4.78, 5) is 11.6. The molecule has 0 aliphatic heterocycles. The van der Waals surface area contributed by atoms with Gasteiger partial charge in [0.05, 0.1) is 5.92 Å². The van der Waals surface area contributed by atoms with E-state index in [1.165, 1.54) is 51.4 Å². The third-order valence-electron chi connectivity index (χ3n) is 7.88. The van der Waals surface area contributed by atoms with Crippen molar-refractivity contribution in [2.45, 2.75) is 58.3 Å². The van der Waals surface area contributed by atoms with Crippen LogP contribution >= 0.6 is 0 Å². The van der Waals surface area contributed by atoms with Gasteiger partial charge in [-0.2, -0.15) is 0 Å². The Morgan fingerprint density at radius 3 is 2.58 bits per heavy atom. The Morgan fingerprint density at radius 1 is 1.00 bits per heavy atom. The molecule has 0 amide bonds. The number of rotatable bonds is 9. The Hall–Kier alpha value is -1.31. The van der Waals surface area contributed by atoms with Gasteiger partial charge in [0.25, 0.3) is 0 Å². The molecule has 0 aromatic carbocycles. The van der Waals surface area contributed by atoms with E-state index in [0.717, 1.165) is 23.7 Å². The summed E-state index contributed by atoms with van der Waals surface area (Å²) in [5.74, 6) is 3.88. The van der Waals surface area contributed by atoms with Crippen molar-refractivity contribution < 1.29 is 9.90 Å². The van der Waals surface area contributed by atoms with Gasteiger partial charge in [0, 0.05) is 0 Å². The molecule has 4 aliphatic rings. The molecule has 0 unspecified atom stereocenters. The van der Waals surface area contributed by atoms with E-state index >= 15 is 0 Å². The van der Waals surface area contributed by atoms with Crippen molar-refractivity contribution in [3.63, 3.8) is 0 Å². The van der Waals surface area contributed by atoms with Gasteiger partial charge in [-0.25, -0.2) is 0 Å². The molecule has 4 rings (SSSR count). The summed E-state index contributed by atoms with van der Waals surface area (Å²) in [7, 11) is 0. The van der Waals surface area contributed by atoms with Gasteiger partial charge in [0.1, 0.15) is 0 Å². The van der Waals surface area contributed by atoms with Crippen LogP contribution < -0.4 is 0 Å². The third kappa shape index (κ3) is 3.10. The molecule has 2 saturated carbocycles. The van der Waals surface area contributed by atoms with Gasteiger partial charge in [-0.15, -0.1) is 0 Å². The molecule has 0 spiro atoms. The van der Waals surface area contributed by atoms with E-state index in [4.69, 9.17) is 0 Å². The smallest absolute Gasteiger partial charge is 0.310 e. The maximum Gasteiger partial charge on any atom is 0.310 e. The van der Waals surface area contributed by atoms with Crippen LogP contribution in [0.5, 0.6) is 0 Å². The second-order valence-corrected chi connectivity index (χ2v) is 9.08. The normalized spacial score (nSPS) is 42.0. The highest BCUT2D eigenvalue weighted by Gasteiger charge is 2.62. The van der Waals surface area contributed by atoms with Crippen molar-refractivity contribution in [2.24, 2.45) is 47.3 Å². The number of allylic oxidation sites excluding steroid dienone is 5. The van der Waals surface area contributed by atoms with E-state index < -0.39 is 5.97 Å². The van der Waals surface area contributed by atoms with E-state index in [-0.39, 0.29) is 11.8 Å². The first-order chi connectivity index (χ1) is 12.7. The van der Waals surface area contributed by atoms with Crippen LogP contribution in [0, 0.1) is 47.3 Å². The Morgan fingerprint density at radius 2 is 1.77 bits per heavy atom. The maximum atomic E-state index is 11.6. The Kier molecular flexibility index (Phi) is 5.38. The number of hydrogen-bond donors (Lipinski definition) is 1. The number of carbonyl (C=O) groups is 1. The fourth-order valence-corrected chi connectivity index (χ4v) is 6.77. The summed E-state index contributed by atoms with van der Waals surface area (Å²) < 4.78 is 0. The summed E-state index contributed by atoms with van der Waals surface area (Å²) in [5.41, 5.74) is 0. The number of unbranched alkanes of at least 4 members (excludes halogenated alkanes) is 5. The summed E-state index contributed by atoms with van der Waals surface area (Å²) in [6, 6.07) is 0. The second kappa shape index (κ2) is 7.74. The first kappa shape index (κ1) is 18.1. The Balaban J connectivity index is 1.28. The molecule has 0 radical (unpaired) electrons. The highest BCUT2D eigenvalue weighted by atomic mass is 16.4. The van der Waals surface area contributed by atoms with Gasteiger partial charge < -0.3 is 5.11 Å². The SMILES string of the molecule is C/C=C/CCCCCCC[C@@H]1[C@H]2C=C[C@@H]3[C@@H]4[C@H]2[C@H]1C[C@H]4C=C[C@H]3C(=O)O. The molecule has 26 heavy (non-hydrogen) atoms. The van der Waals surface area contributed by atoms with Crippen LogP contribution in [0.3, 0.4) is 0 Å². The van der Waals surface area contributed by atoms with Crippen LogP contribution in [0.4, 0.5) is 0 Å². The van der Waals surface area contributed by atoms with Crippen LogP contribution in [0.2, 0.25) is 0 Å². The fourth-order valence-electron chi connectivity index (χ4n) is 6.77. The van der Waals surface area contributed by atoms with E-state index in [1.807, 2.05) is 6.08 Å². The Labute approximate surface area is 158 Å². The lowest BCUT2D eigenvalue weighted by molar-refractivity contribution is -0.143. The van der Waals surface area contributed by atoms with Gasteiger partial charge in [0.15, 0.2) is 0 Å². The molecule has 0 aromatic heterocycles. The average molecular weight is 355 g/mol. The lowest BCUT2D eigenvalue weighted by Gasteiger charge is -2.54. The molecule has 2 heteroatoms. The van der Waals surface area contributed by atoms with Gasteiger partial charge in [-0.1, -0.05) is 62.1 Å². The topological polar surface area (TPSA) is 37.3 Å². The largest absolute Gasteiger partial charge is 0.481 e. The van der Waals surface area contributed by atoms with Crippen molar-refractivity contribution in [1.82, 2.24) is 0 Å². The van der Waals surface area contributed by atoms with Gasteiger partial charge in [-0.05, 0) is 74.0 Å². The minimum Gasteiger partial charge on any atom is -0.481 e. The van der Waals surface area contributed by atoms with E-state index in [1.54, 1.807) is 0 Å². The monoisotopic (exact) mass is 354 g/mol. The lowest BCUT2D eigenvalue weighted by Crippen LogP contribution is -2.50. The molecule has 4 aliphatic carbocycles. The highest BCUT2D eigenvalue weighted by Crippen LogP contribution is 2.67. The van der Waals surface area contributed by atoms with Crippen LogP contribution in [0.1, 0.15) is 58.3 Å². The van der Waals surface area contributed by atoms with Gasteiger partial charge >= 0.3 is 5.97 Å². The fraction of sp³-hybridized carbons (Fsp3) is 0.708. The summed E-state index contributed by atoms with van der Waals surface area (Å²) in [6.07, 6.45) is 24.2. The van der Waals surface area contributed by atoms with Crippen LogP contribution in [0.25, 0.3) is 0 Å². The molecule has 0 heterocycles. The molecule has 1 N–H and O–H groups in total. The van der Waals surface area contributed by atoms with Crippen LogP contribution in [-0.4, -0.2) is 11.1 Å². The average Bonchev–Trinajstić information content (AvgIpc) is 2.98. The molecule has 2 fully saturated rings. The predicted octanol–water partition coefficient (Wildman–Crippen LogP) is 5.86. The van der Waals surface area contributed by atoms with E-state index in [0.29, 0.717) is 11.8 Å². The summed E-state index contributed by atoms with van der Waals surface area (Å²) in [6.45, 7) is 2.10. The van der Waals surface area contributed by atoms with Crippen molar-refractivity contribution >= 4 is 5.97 Å². The zero-order valence-electron chi connectivity index (χ0n) is 16.1.